The summed E-state index contributed by atoms with van der Waals surface area (Å²) >= 11 is 0. The van der Waals surface area contributed by atoms with Crippen molar-refractivity contribution in [3.63, 3.8) is 0 Å². The predicted molar refractivity (Wildman–Crippen MR) is 89.1 cm³/mol. The first-order valence-electron chi connectivity index (χ1n) is 6.96. The van der Waals surface area contributed by atoms with E-state index < -0.39 is 0 Å². The highest BCUT2D eigenvalue weighted by atomic mass is 35.5. The normalized spacial score (nSPS) is 13.8. The van der Waals surface area contributed by atoms with Gasteiger partial charge in [0, 0.05) is 23.9 Å². The number of ether oxygens (including phenoxy) is 1. The maximum atomic E-state index is 12.0. The zero-order valence-electron chi connectivity index (χ0n) is 13.5. The van der Waals surface area contributed by atoms with Crippen LogP contribution in [0.25, 0.3) is 0 Å². The first-order chi connectivity index (χ1) is 9.27. The molecule has 3 N–H and O–H groups in total. The minimum Gasteiger partial charge on any atom is -0.497 e. The van der Waals surface area contributed by atoms with Crippen molar-refractivity contribution in [2.24, 2.45) is 11.7 Å². The van der Waals surface area contributed by atoms with Gasteiger partial charge in [-0.25, -0.2) is 0 Å². The highest BCUT2D eigenvalue weighted by molar-refractivity contribution is 5.85. The molecular weight excluding hydrogens is 288 g/mol. The highest BCUT2D eigenvalue weighted by Gasteiger charge is 2.24. The molecule has 0 fully saturated rings. The van der Waals surface area contributed by atoms with Gasteiger partial charge in [0.1, 0.15) is 5.75 Å². The van der Waals surface area contributed by atoms with Crippen LogP contribution in [0.2, 0.25) is 0 Å². The predicted octanol–water partition coefficient (Wildman–Crippen LogP) is 2.49. The maximum Gasteiger partial charge on any atom is 0.224 e. The Hall–Kier alpha value is -1.26. The summed E-state index contributed by atoms with van der Waals surface area (Å²) in [6, 6.07) is 7.78. The SMILES string of the molecule is COc1ccc(C(C)(C)CNC(=O)C(C)C(C)N)cc1.Cl. The van der Waals surface area contributed by atoms with Crippen LogP contribution >= 0.6 is 12.4 Å². The van der Waals surface area contributed by atoms with E-state index in [2.05, 4.69) is 19.2 Å². The molecule has 0 aliphatic heterocycles. The molecule has 0 saturated carbocycles. The van der Waals surface area contributed by atoms with E-state index in [1.54, 1.807) is 7.11 Å². The van der Waals surface area contributed by atoms with Crippen molar-refractivity contribution in [3.05, 3.63) is 29.8 Å². The monoisotopic (exact) mass is 314 g/mol. The van der Waals surface area contributed by atoms with Gasteiger partial charge in [-0.3, -0.25) is 4.79 Å². The smallest absolute Gasteiger partial charge is 0.224 e. The average Bonchev–Trinajstić information content (AvgIpc) is 2.44. The average molecular weight is 315 g/mol. The molecule has 1 amide bonds. The molecule has 21 heavy (non-hydrogen) atoms. The van der Waals surface area contributed by atoms with E-state index in [4.69, 9.17) is 10.5 Å². The number of carbonyl (C=O) groups is 1. The van der Waals surface area contributed by atoms with Crippen LogP contribution in [0.15, 0.2) is 24.3 Å². The molecule has 0 spiro atoms. The number of nitrogens with one attached hydrogen (secondary N) is 1. The Bertz CT molecular complexity index is 444. The molecule has 0 aromatic heterocycles. The summed E-state index contributed by atoms with van der Waals surface area (Å²) in [6.45, 7) is 8.48. The van der Waals surface area contributed by atoms with Gasteiger partial charge in [-0.1, -0.05) is 32.9 Å². The van der Waals surface area contributed by atoms with Crippen LogP contribution < -0.4 is 15.8 Å². The summed E-state index contributed by atoms with van der Waals surface area (Å²) in [4.78, 5) is 12.0. The molecule has 0 aliphatic rings. The quantitative estimate of drug-likeness (QED) is 0.848. The number of rotatable bonds is 6. The minimum atomic E-state index is -0.179. The number of benzene rings is 1. The van der Waals surface area contributed by atoms with Gasteiger partial charge < -0.3 is 15.8 Å². The highest BCUT2D eigenvalue weighted by Crippen LogP contribution is 2.24. The Balaban J connectivity index is 0.00000400. The fourth-order valence-electron chi connectivity index (χ4n) is 1.85. The summed E-state index contributed by atoms with van der Waals surface area (Å²) < 4.78 is 5.15. The Morgan fingerprint density at radius 3 is 2.24 bits per heavy atom. The van der Waals surface area contributed by atoms with Crippen LogP contribution in [0.4, 0.5) is 0 Å². The van der Waals surface area contributed by atoms with E-state index in [0.29, 0.717) is 6.54 Å². The van der Waals surface area contributed by atoms with Gasteiger partial charge in [0.2, 0.25) is 5.91 Å². The lowest BCUT2D eigenvalue weighted by atomic mass is 9.84. The van der Waals surface area contributed by atoms with E-state index in [9.17, 15) is 4.79 Å². The third kappa shape index (κ3) is 5.56. The molecule has 0 heterocycles. The molecule has 2 atom stereocenters. The molecular formula is C16H27ClN2O2. The van der Waals surface area contributed by atoms with Crippen LogP contribution in [0, 0.1) is 5.92 Å². The van der Waals surface area contributed by atoms with Crippen molar-refractivity contribution in [2.45, 2.75) is 39.2 Å². The van der Waals surface area contributed by atoms with Crippen molar-refractivity contribution in [3.8, 4) is 5.75 Å². The van der Waals surface area contributed by atoms with E-state index in [1.807, 2.05) is 38.1 Å². The lowest BCUT2D eigenvalue weighted by Gasteiger charge is -2.27. The molecule has 1 aromatic carbocycles. The molecule has 4 nitrogen and oxygen atoms in total. The topological polar surface area (TPSA) is 64.3 Å². The van der Waals surface area contributed by atoms with Crippen molar-refractivity contribution in [1.29, 1.82) is 0 Å². The van der Waals surface area contributed by atoms with Crippen LogP contribution in [0.1, 0.15) is 33.3 Å². The van der Waals surface area contributed by atoms with Crippen LogP contribution in [0.5, 0.6) is 5.75 Å². The number of amides is 1. The second-order valence-corrected chi connectivity index (χ2v) is 5.98. The summed E-state index contributed by atoms with van der Waals surface area (Å²) in [5.74, 6) is 0.655. The fourth-order valence-corrected chi connectivity index (χ4v) is 1.85. The molecule has 0 bridgehead atoms. The van der Waals surface area contributed by atoms with Crippen LogP contribution in [-0.2, 0) is 10.2 Å². The van der Waals surface area contributed by atoms with Crippen LogP contribution in [-0.4, -0.2) is 25.6 Å². The van der Waals surface area contributed by atoms with Gasteiger partial charge in [-0.15, -0.1) is 12.4 Å². The first-order valence-corrected chi connectivity index (χ1v) is 6.96. The Labute approximate surface area is 133 Å². The number of methoxy groups -OCH3 is 1. The van der Waals surface area contributed by atoms with E-state index in [-0.39, 0.29) is 35.7 Å². The first kappa shape index (κ1) is 19.7. The van der Waals surface area contributed by atoms with Gasteiger partial charge in [0.25, 0.3) is 0 Å². The molecule has 120 valence electrons. The molecule has 5 heteroatoms. The summed E-state index contributed by atoms with van der Waals surface area (Å²) in [6.07, 6.45) is 0. The second kappa shape index (κ2) is 8.25. The minimum absolute atomic E-state index is 0. The Morgan fingerprint density at radius 2 is 1.81 bits per heavy atom. The number of carbonyl (C=O) groups excluding carboxylic acids is 1. The lowest BCUT2D eigenvalue weighted by molar-refractivity contribution is -0.125. The van der Waals surface area contributed by atoms with Crippen molar-refractivity contribution < 1.29 is 9.53 Å². The van der Waals surface area contributed by atoms with Gasteiger partial charge in [-0.2, -0.15) is 0 Å². The lowest BCUT2D eigenvalue weighted by Crippen LogP contribution is -2.43. The fraction of sp³-hybridized carbons (Fsp3) is 0.562. The standard InChI is InChI=1S/C16H26N2O2.ClH/c1-11(12(2)17)15(19)18-10-16(3,4)13-6-8-14(20-5)9-7-13;/h6-9,11-12H,10,17H2,1-5H3,(H,18,19);1H. The molecule has 2 unspecified atom stereocenters. The second-order valence-electron chi connectivity index (χ2n) is 5.98. The summed E-state index contributed by atoms with van der Waals surface area (Å²) in [5.41, 5.74) is 6.76. The maximum absolute atomic E-state index is 12.0. The van der Waals surface area contributed by atoms with Gasteiger partial charge in [-0.05, 0) is 24.6 Å². The Kier molecular flexibility index (Phi) is 7.75. The van der Waals surface area contributed by atoms with Crippen LogP contribution in [0.3, 0.4) is 0 Å². The number of halogens is 1. The molecule has 1 rings (SSSR count). The van der Waals surface area contributed by atoms with E-state index >= 15 is 0 Å². The van der Waals surface area contributed by atoms with Gasteiger partial charge in [0.15, 0.2) is 0 Å². The zero-order valence-corrected chi connectivity index (χ0v) is 14.3. The number of hydrogen-bond acceptors (Lipinski definition) is 3. The van der Waals surface area contributed by atoms with E-state index in [1.165, 1.54) is 0 Å². The number of nitrogens with two attached hydrogens (primary N) is 1. The van der Waals surface area contributed by atoms with Crippen molar-refractivity contribution in [1.82, 2.24) is 5.32 Å². The Morgan fingerprint density at radius 1 is 1.29 bits per heavy atom. The van der Waals surface area contributed by atoms with Crippen molar-refractivity contribution >= 4 is 18.3 Å². The number of hydrogen-bond donors (Lipinski definition) is 2. The largest absolute Gasteiger partial charge is 0.497 e. The summed E-state index contributed by atoms with van der Waals surface area (Å²) in [7, 11) is 1.65. The third-order valence-electron chi connectivity index (χ3n) is 3.78. The van der Waals surface area contributed by atoms with Crippen molar-refractivity contribution in [2.75, 3.05) is 13.7 Å². The zero-order chi connectivity index (χ0) is 15.3. The molecule has 0 radical (unpaired) electrons. The van der Waals surface area contributed by atoms with Gasteiger partial charge in [0.05, 0.1) is 7.11 Å². The van der Waals surface area contributed by atoms with Gasteiger partial charge >= 0.3 is 0 Å². The molecule has 1 aromatic rings. The molecule has 0 aliphatic carbocycles. The van der Waals surface area contributed by atoms with E-state index in [0.717, 1.165) is 11.3 Å². The summed E-state index contributed by atoms with van der Waals surface area (Å²) in [5, 5.41) is 2.98. The third-order valence-corrected chi connectivity index (χ3v) is 3.78. The molecule has 0 saturated heterocycles.